The maximum atomic E-state index is 15.2. The van der Waals surface area contributed by atoms with E-state index in [1.165, 1.54) is 17.7 Å². The van der Waals surface area contributed by atoms with Crippen LogP contribution in [0.4, 0.5) is 35.1 Å². The van der Waals surface area contributed by atoms with Crippen molar-refractivity contribution in [2.75, 3.05) is 6.61 Å². The van der Waals surface area contributed by atoms with Crippen molar-refractivity contribution in [1.29, 1.82) is 0 Å². The van der Waals surface area contributed by atoms with Crippen molar-refractivity contribution in [3.05, 3.63) is 113 Å². The molecule has 0 aliphatic heterocycles. The lowest BCUT2D eigenvalue weighted by Gasteiger charge is -2.29. The van der Waals surface area contributed by atoms with Gasteiger partial charge in [0.15, 0.2) is 0 Å². The fourth-order valence-electron chi connectivity index (χ4n) is 5.68. The molecule has 0 radical (unpaired) electrons. The van der Waals surface area contributed by atoms with E-state index >= 15 is 4.39 Å². The third-order valence-electron chi connectivity index (χ3n) is 8.01. The Bertz CT molecular complexity index is 1610. The molecule has 0 unspecified atom stereocenters. The quantitative estimate of drug-likeness (QED) is 0.162. The molecule has 0 spiro atoms. The van der Waals surface area contributed by atoms with Crippen molar-refractivity contribution < 1.29 is 44.6 Å². The minimum Gasteiger partial charge on any atom is -0.429 e. The van der Waals surface area contributed by atoms with Crippen LogP contribution in [-0.4, -0.2) is 12.7 Å². The Hall–Kier alpha value is -3.92. The maximum absolute atomic E-state index is 15.2. The summed E-state index contributed by atoms with van der Waals surface area (Å²) in [7, 11) is 0. The minimum atomic E-state index is -4.65. The third-order valence-corrected chi connectivity index (χ3v) is 8.01. The van der Waals surface area contributed by atoms with E-state index < -0.39 is 52.7 Å². The Kier molecular flexibility index (Phi) is 9.82. The highest BCUT2D eigenvalue weighted by atomic mass is 19.3. The number of rotatable bonds is 10. The van der Waals surface area contributed by atoms with Gasteiger partial charge in [-0.2, -0.15) is 8.78 Å². The first-order valence-electron chi connectivity index (χ1n) is 14.6. The van der Waals surface area contributed by atoms with Crippen LogP contribution in [-0.2, 0) is 10.8 Å². The molecule has 0 atom stereocenters. The third kappa shape index (κ3) is 7.32. The molecule has 45 heavy (non-hydrogen) atoms. The zero-order chi connectivity index (χ0) is 32.3. The number of halogens is 8. The van der Waals surface area contributed by atoms with Crippen LogP contribution in [0, 0.1) is 23.3 Å². The number of benzene rings is 4. The minimum absolute atomic E-state index is 0.226. The molecule has 0 aromatic heterocycles. The molecule has 0 bridgehead atoms. The number of alkyl halides is 4. The molecule has 10 heteroatoms. The fourth-order valence-corrected chi connectivity index (χ4v) is 5.68. The molecule has 238 valence electrons. The van der Waals surface area contributed by atoms with E-state index in [1.54, 1.807) is 6.07 Å². The normalized spacial score (nSPS) is 17.1. The Morgan fingerprint density at radius 2 is 1.33 bits per heavy atom. The molecule has 4 aromatic carbocycles. The van der Waals surface area contributed by atoms with Gasteiger partial charge in [-0.25, -0.2) is 26.3 Å². The molecule has 1 aliphatic carbocycles. The summed E-state index contributed by atoms with van der Waals surface area (Å²) < 4.78 is 124. The number of hydrogen-bond donors (Lipinski definition) is 0. The Morgan fingerprint density at radius 1 is 0.711 bits per heavy atom. The van der Waals surface area contributed by atoms with Crippen LogP contribution in [0.5, 0.6) is 5.75 Å². The van der Waals surface area contributed by atoms with Gasteiger partial charge in [-0.05, 0) is 90.6 Å². The highest BCUT2D eigenvalue weighted by Crippen LogP contribution is 2.39. The van der Waals surface area contributed by atoms with Crippen LogP contribution in [0.25, 0.3) is 22.3 Å². The van der Waals surface area contributed by atoms with Crippen LogP contribution in [0.1, 0.15) is 68.1 Å². The second kappa shape index (κ2) is 13.6. The summed E-state index contributed by atoms with van der Waals surface area (Å²) in [4.78, 5) is 0. The lowest BCUT2D eigenvalue weighted by Crippen LogP contribution is -2.25. The van der Waals surface area contributed by atoms with Crippen LogP contribution >= 0.6 is 0 Å². The van der Waals surface area contributed by atoms with Crippen LogP contribution in [0.3, 0.4) is 0 Å². The molecule has 1 aliphatic rings. The van der Waals surface area contributed by atoms with Gasteiger partial charge in [-0.3, -0.25) is 0 Å². The summed E-state index contributed by atoms with van der Waals surface area (Å²) in [6.45, 7) is 2.86. The lowest BCUT2D eigenvalue weighted by atomic mass is 9.82. The van der Waals surface area contributed by atoms with Crippen molar-refractivity contribution in [3.8, 4) is 28.0 Å². The van der Waals surface area contributed by atoms with E-state index in [0.717, 1.165) is 44.3 Å². The topological polar surface area (TPSA) is 18.5 Å². The smallest absolute Gasteiger partial charge is 0.429 e. The molecule has 0 heterocycles. The maximum Gasteiger partial charge on any atom is 0.432 e. The van der Waals surface area contributed by atoms with E-state index in [9.17, 15) is 30.7 Å². The predicted octanol–water partition coefficient (Wildman–Crippen LogP) is 11.1. The van der Waals surface area contributed by atoms with Crippen molar-refractivity contribution in [2.45, 2.75) is 63.6 Å². The second-order valence-electron chi connectivity index (χ2n) is 11.1. The highest BCUT2D eigenvalue weighted by Gasteiger charge is 2.41. The van der Waals surface area contributed by atoms with E-state index in [2.05, 4.69) is 11.7 Å². The zero-order valence-electron chi connectivity index (χ0n) is 24.2. The van der Waals surface area contributed by atoms with Gasteiger partial charge in [0.2, 0.25) is 0 Å². The monoisotopic (exact) mass is 634 g/mol. The molecule has 0 amide bonds. The number of hydrogen-bond acceptors (Lipinski definition) is 2. The van der Waals surface area contributed by atoms with E-state index in [1.807, 2.05) is 24.3 Å². The first-order chi connectivity index (χ1) is 21.5. The van der Waals surface area contributed by atoms with Crippen molar-refractivity contribution in [3.63, 3.8) is 0 Å². The Balaban J connectivity index is 1.31. The van der Waals surface area contributed by atoms with Crippen molar-refractivity contribution in [2.24, 2.45) is 0 Å². The molecule has 4 aromatic rings. The van der Waals surface area contributed by atoms with Gasteiger partial charge < -0.3 is 9.47 Å². The first-order valence-corrected chi connectivity index (χ1v) is 14.6. The largest absolute Gasteiger partial charge is 0.432 e. The summed E-state index contributed by atoms with van der Waals surface area (Å²) in [6, 6.07) is 14.3. The van der Waals surface area contributed by atoms with Gasteiger partial charge in [0, 0.05) is 18.2 Å². The fraction of sp³-hybridized carbons (Fsp3) is 0.314. The van der Waals surface area contributed by atoms with Gasteiger partial charge in [-0.15, -0.1) is 0 Å². The average Bonchev–Trinajstić information content (AvgIpc) is 2.99. The van der Waals surface area contributed by atoms with Crippen molar-refractivity contribution in [1.82, 2.24) is 0 Å². The van der Waals surface area contributed by atoms with Crippen LogP contribution in [0.15, 0.2) is 72.8 Å². The molecule has 2 nitrogen and oxygen atoms in total. The first kappa shape index (κ1) is 32.5. The molecular weight excluding hydrogens is 604 g/mol. The molecule has 1 fully saturated rings. The predicted molar refractivity (Wildman–Crippen MR) is 154 cm³/mol. The molecular formula is C35H30F8O2. The zero-order valence-corrected chi connectivity index (χ0v) is 24.2. The molecule has 0 N–H and O–H groups in total. The van der Waals surface area contributed by atoms with Gasteiger partial charge in [-0.1, -0.05) is 43.3 Å². The summed E-state index contributed by atoms with van der Waals surface area (Å²) in [6.07, 6.45) is -2.51. The summed E-state index contributed by atoms with van der Waals surface area (Å²) in [5.41, 5.74) is -0.988. The SMILES string of the molecule is CCCOC1CCC(c2ccc(-c3ccc(-c4cc(F)c(C(F)(F)Oc5ccc(C(F)F)c(F)c5)c(F)c4)c(F)c3)cc2)CC1. The summed E-state index contributed by atoms with van der Waals surface area (Å²) in [5.74, 6) is -6.36. The van der Waals surface area contributed by atoms with E-state index in [4.69, 9.17) is 4.74 Å². The lowest BCUT2D eigenvalue weighted by molar-refractivity contribution is -0.189. The Labute approximate surface area is 255 Å². The van der Waals surface area contributed by atoms with Gasteiger partial charge in [0.25, 0.3) is 6.43 Å². The molecule has 5 rings (SSSR count). The summed E-state index contributed by atoms with van der Waals surface area (Å²) in [5, 5.41) is 0. The van der Waals surface area contributed by atoms with Crippen LogP contribution < -0.4 is 4.74 Å². The van der Waals surface area contributed by atoms with E-state index in [-0.39, 0.29) is 17.2 Å². The van der Waals surface area contributed by atoms with Gasteiger partial charge >= 0.3 is 6.11 Å². The number of ether oxygens (including phenoxy) is 2. The second-order valence-corrected chi connectivity index (χ2v) is 11.1. The van der Waals surface area contributed by atoms with Gasteiger partial charge in [0.1, 0.15) is 34.6 Å². The van der Waals surface area contributed by atoms with Crippen LogP contribution in [0.2, 0.25) is 0 Å². The van der Waals surface area contributed by atoms with Gasteiger partial charge in [0.05, 0.1) is 11.7 Å². The van der Waals surface area contributed by atoms with Crippen molar-refractivity contribution >= 4 is 0 Å². The summed E-state index contributed by atoms with van der Waals surface area (Å²) >= 11 is 0. The average molecular weight is 635 g/mol. The highest BCUT2D eigenvalue weighted by molar-refractivity contribution is 5.71. The standard InChI is InChI=1S/C35H30F8O2/c1-2-15-44-25-10-7-21(8-11-25)20-3-5-22(6-4-20)23-9-13-27(29(36)16-23)24-17-31(38)33(32(39)18-24)35(42,43)45-26-12-14-28(34(40)41)30(37)19-26/h3-6,9,12-14,16-19,21,25,34H,2,7-8,10-11,15H2,1H3. The molecule has 1 saturated carbocycles. The Morgan fingerprint density at radius 3 is 1.91 bits per heavy atom. The molecule has 0 saturated heterocycles. The van der Waals surface area contributed by atoms with E-state index in [0.29, 0.717) is 41.9 Å².